The molecule has 1 saturated heterocycles. The summed E-state index contributed by atoms with van der Waals surface area (Å²) in [4.78, 5) is 14.4. The van der Waals surface area contributed by atoms with Gasteiger partial charge in [-0.25, -0.2) is 0 Å². The highest BCUT2D eigenvalue weighted by Gasteiger charge is 2.43. The van der Waals surface area contributed by atoms with E-state index in [-0.39, 0.29) is 12.0 Å². The summed E-state index contributed by atoms with van der Waals surface area (Å²) in [7, 11) is 0. The Morgan fingerprint density at radius 2 is 1.82 bits per heavy atom. The molecule has 96 valence electrons. The number of aliphatic hydroxyl groups excluding tert-OH is 1. The first-order chi connectivity index (χ1) is 8.27. The maximum Gasteiger partial charge on any atom is 0.137 e. The summed E-state index contributed by atoms with van der Waals surface area (Å²) < 4.78 is 0. The molecule has 3 aliphatic rings. The Morgan fingerprint density at radius 3 is 2.47 bits per heavy atom. The number of aliphatic hydroxyl groups is 1. The summed E-state index contributed by atoms with van der Waals surface area (Å²) >= 11 is 0. The molecule has 2 saturated carbocycles. The number of nitrogens with zero attached hydrogens (tertiary/aromatic N) is 1. The fraction of sp³-hybridized carbons (Fsp3) is 0.929. The minimum atomic E-state index is -0.146. The normalized spacial score (nSPS) is 43.7. The average Bonchev–Trinajstić information content (AvgIpc) is 2.97. The van der Waals surface area contributed by atoms with Gasteiger partial charge in [0.05, 0.1) is 6.10 Å². The van der Waals surface area contributed by atoms with Crippen LogP contribution in [-0.4, -0.2) is 40.5 Å². The van der Waals surface area contributed by atoms with Crippen molar-refractivity contribution >= 4 is 5.78 Å². The Morgan fingerprint density at radius 1 is 1.00 bits per heavy atom. The third-order valence-electron chi connectivity index (χ3n) is 5.03. The van der Waals surface area contributed by atoms with Crippen LogP contribution in [0.1, 0.15) is 51.4 Å². The van der Waals surface area contributed by atoms with Crippen LogP contribution in [0.15, 0.2) is 0 Å². The zero-order valence-electron chi connectivity index (χ0n) is 10.5. The van der Waals surface area contributed by atoms with E-state index in [0.29, 0.717) is 17.9 Å². The van der Waals surface area contributed by atoms with Gasteiger partial charge in [0.2, 0.25) is 0 Å². The molecular weight excluding hydrogens is 214 g/mol. The van der Waals surface area contributed by atoms with Gasteiger partial charge in [0.15, 0.2) is 0 Å². The highest BCUT2D eigenvalue weighted by atomic mass is 16.3. The van der Waals surface area contributed by atoms with Gasteiger partial charge in [-0.1, -0.05) is 0 Å². The molecule has 0 aromatic rings. The number of hydrogen-bond donors (Lipinski definition) is 1. The number of rotatable bonds is 2. The molecule has 3 fully saturated rings. The summed E-state index contributed by atoms with van der Waals surface area (Å²) in [5.41, 5.74) is 0. The SMILES string of the molecule is O=C1CCCC1C1CCCN1C1CCCC1O. The molecule has 0 radical (unpaired) electrons. The van der Waals surface area contributed by atoms with Crippen LogP contribution < -0.4 is 0 Å². The molecule has 3 nitrogen and oxygen atoms in total. The Hall–Kier alpha value is -0.410. The molecule has 0 spiro atoms. The number of carbonyl (C=O) groups excluding carboxylic acids is 1. The van der Waals surface area contributed by atoms with E-state index in [1.165, 1.54) is 12.8 Å². The fourth-order valence-corrected chi connectivity index (χ4v) is 4.22. The van der Waals surface area contributed by atoms with Crippen LogP contribution in [0.5, 0.6) is 0 Å². The highest BCUT2D eigenvalue weighted by molar-refractivity contribution is 5.83. The van der Waals surface area contributed by atoms with Crippen molar-refractivity contribution in [1.29, 1.82) is 0 Å². The Kier molecular flexibility index (Phi) is 3.22. The molecule has 3 heteroatoms. The molecule has 2 aliphatic carbocycles. The van der Waals surface area contributed by atoms with Crippen molar-refractivity contribution in [3.63, 3.8) is 0 Å². The monoisotopic (exact) mass is 237 g/mol. The molecule has 1 aliphatic heterocycles. The lowest BCUT2D eigenvalue weighted by molar-refractivity contribution is -0.122. The van der Waals surface area contributed by atoms with Gasteiger partial charge >= 0.3 is 0 Å². The molecule has 0 amide bonds. The largest absolute Gasteiger partial charge is 0.391 e. The van der Waals surface area contributed by atoms with Crippen molar-refractivity contribution < 1.29 is 9.90 Å². The van der Waals surface area contributed by atoms with E-state index < -0.39 is 0 Å². The van der Waals surface area contributed by atoms with Crippen molar-refractivity contribution in [2.24, 2.45) is 5.92 Å². The van der Waals surface area contributed by atoms with Gasteiger partial charge in [0.25, 0.3) is 0 Å². The maximum atomic E-state index is 11.9. The highest BCUT2D eigenvalue weighted by Crippen LogP contribution is 2.37. The third kappa shape index (κ3) is 2.04. The van der Waals surface area contributed by atoms with E-state index in [0.717, 1.165) is 45.1 Å². The first kappa shape index (κ1) is 11.7. The maximum absolute atomic E-state index is 11.9. The van der Waals surface area contributed by atoms with Gasteiger partial charge in [-0.2, -0.15) is 0 Å². The standard InChI is InChI=1S/C14H23NO2/c16-13-7-1-4-10(13)11-6-3-9-15(11)12-5-2-8-14(12)17/h10-12,14,17H,1-9H2. The summed E-state index contributed by atoms with van der Waals surface area (Å²) in [6.07, 6.45) is 8.41. The molecule has 1 heterocycles. The molecule has 0 bridgehead atoms. The van der Waals surface area contributed by atoms with Crippen molar-refractivity contribution in [2.45, 2.75) is 69.6 Å². The first-order valence-corrected chi connectivity index (χ1v) is 7.24. The van der Waals surface area contributed by atoms with Gasteiger partial charge < -0.3 is 5.11 Å². The number of carbonyl (C=O) groups is 1. The second-order valence-corrected chi connectivity index (χ2v) is 5.98. The van der Waals surface area contributed by atoms with Crippen LogP contribution in [0.4, 0.5) is 0 Å². The van der Waals surface area contributed by atoms with Gasteiger partial charge in [-0.3, -0.25) is 9.69 Å². The van der Waals surface area contributed by atoms with Crippen molar-refractivity contribution in [1.82, 2.24) is 4.90 Å². The predicted octanol–water partition coefficient (Wildman–Crippen LogP) is 1.73. The van der Waals surface area contributed by atoms with E-state index in [4.69, 9.17) is 0 Å². The number of Topliss-reactive ketones (excluding diaryl/α,β-unsaturated/α-hetero) is 1. The lowest BCUT2D eigenvalue weighted by atomic mass is 9.94. The lowest BCUT2D eigenvalue weighted by Crippen LogP contribution is -2.47. The second-order valence-electron chi connectivity index (χ2n) is 5.98. The smallest absolute Gasteiger partial charge is 0.137 e. The van der Waals surface area contributed by atoms with Crippen LogP contribution in [0.25, 0.3) is 0 Å². The van der Waals surface area contributed by atoms with E-state index in [1.54, 1.807) is 0 Å². The molecule has 4 unspecified atom stereocenters. The Labute approximate surface area is 103 Å². The average molecular weight is 237 g/mol. The van der Waals surface area contributed by atoms with E-state index in [2.05, 4.69) is 4.90 Å². The zero-order valence-corrected chi connectivity index (χ0v) is 10.5. The number of hydrogen-bond acceptors (Lipinski definition) is 3. The van der Waals surface area contributed by atoms with Crippen LogP contribution in [0, 0.1) is 5.92 Å². The molecule has 3 rings (SSSR count). The summed E-state index contributed by atoms with van der Waals surface area (Å²) in [6.45, 7) is 1.09. The van der Waals surface area contributed by atoms with Crippen molar-refractivity contribution in [2.75, 3.05) is 6.54 Å². The topological polar surface area (TPSA) is 40.5 Å². The molecule has 0 aromatic heterocycles. The van der Waals surface area contributed by atoms with Crippen LogP contribution >= 0.6 is 0 Å². The van der Waals surface area contributed by atoms with E-state index >= 15 is 0 Å². The fourth-order valence-electron chi connectivity index (χ4n) is 4.22. The molecule has 4 atom stereocenters. The molecule has 17 heavy (non-hydrogen) atoms. The quantitative estimate of drug-likeness (QED) is 0.795. The van der Waals surface area contributed by atoms with Crippen LogP contribution in [0.3, 0.4) is 0 Å². The van der Waals surface area contributed by atoms with Gasteiger partial charge in [0.1, 0.15) is 5.78 Å². The summed E-state index contributed by atoms with van der Waals surface area (Å²) in [5, 5.41) is 10.0. The first-order valence-electron chi connectivity index (χ1n) is 7.24. The number of ketones is 1. The summed E-state index contributed by atoms with van der Waals surface area (Å²) in [5.74, 6) is 0.764. The minimum Gasteiger partial charge on any atom is -0.391 e. The zero-order chi connectivity index (χ0) is 11.8. The Bertz CT molecular complexity index is 305. The van der Waals surface area contributed by atoms with Gasteiger partial charge in [-0.05, 0) is 51.5 Å². The molecule has 0 aromatic carbocycles. The Balaban J connectivity index is 1.73. The predicted molar refractivity (Wildman–Crippen MR) is 65.7 cm³/mol. The van der Waals surface area contributed by atoms with E-state index in [1.807, 2.05) is 0 Å². The van der Waals surface area contributed by atoms with Crippen LogP contribution in [-0.2, 0) is 4.79 Å². The second kappa shape index (κ2) is 4.69. The van der Waals surface area contributed by atoms with Crippen molar-refractivity contribution in [3.8, 4) is 0 Å². The van der Waals surface area contributed by atoms with Gasteiger partial charge in [0, 0.05) is 24.4 Å². The van der Waals surface area contributed by atoms with Gasteiger partial charge in [-0.15, -0.1) is 0 Å². The minimum absolute atomic E-state index is 0.146. The molecule has 1 N–H and O–H groups in total. The summed E-state index contributed by atoms with van der Waals surface area (Å²) in [6, 6.07) is 0.790. The van der Waals surface area contributed by atoms with Crippen molar-refractivity contribution in [3.05, 3.63) is 0 Å². The van der Waals surface area contributed by atoms with Crippen LogP contribution in [0.2, 0.25) is 0 Å². The third-order valence-corrected chi connectivity index (χ3v) is 5.03. The van der Waals surface area contributed by atoms with E-state index in [9.17, 15) is 9.90 Å². The number of likely N-dealkylation sites (tertiary alicyclic amines) is 1. The molecular formula is C14H23NO2. The lowest BCUT2D eigenvalue weighted by Gasteiger charge is -2.35.